The average Bonchev–Trinajstić information content (AvgIpc) is 3.30. The highest BCUT2D eigenvalue weighted by Gasteiger charge is 2.74. The number of nitrogens with zero attached hydrogens (tertiary/aromatic N) is 2. The van der Waals surface area contributed by atoms with Gasteiger partial charge in [0.15, 0.2) is 0 Å². The molecule has 2 saturated carbocycles. The maximum Gasteiger partial charge on any atom is 0.244 e. The van der Waals surface area contributed by atoms with Crippen LogP contribution in [0.5, 0.6) is 0 Å². The van der Waals surface area contributed by atoms with E-state index in [0.717, 1.165) is 30.4 Å². The van der Waals surface area contributed by atoms with Gasteiger partial charge in [0.2, 0.25) is 15.9 Å². The average molecular weight is 477 g/mol. The van der Waals surface area contributed by atoms with Crippen molar-refractivity contribution in [3.8, 4) is 0 Å². The van der Waals surface area contributed by atoms with E-state index in [-0.39, 0.29) is 34.6 Å². The van der Waals surface area contributed by atoms with Crippen LogP contribution in [0.4, 0.5) is 0 Å². The van der Waals surface area contributed by atoms with Crippen LogP contribution in [-0.4, -0.2) is 47.4 Å². The van der Waals surface area contributed by atoms with Crippen molar-refractivity contribution in [2.24, 2.45) is 16.7 Å². The van der Waals surface area contributed by atoms with E-state index in [2.05, 4.69) is 13.8 Å². The molecule has 5 atom stereocenters. The lowest BCUT2D eigenvalue weighted by Crippen LogP contribution is -2.71. The number of fused-ring (bicyclic) bond motifs is 1. The maximum atomic E-state index is 13.6. The lowest BCUT2D eigenvalue weighted by Gasteiger charge is -2.51. The van der Waals surface area contributed by atoms with Crippen molar-refractivity contribution < 1.29 is 13.2 Å². The van der Waals surface area contributed by atoms with Gasteiger partial charge in [0.05, 0.1) is 11.8 Å². The standard InChI is InChI=1S/C28H32N2O3S/c1-27(2)22-15-16-28(27)19-34(32,33)30(24(28)17-22)25-23(14-13-20-9-5-3-6-10-20)29(26(25)31)18-21-11-7-4-8-12-21/h3-14,22-25H,15-19H2,1-2H3/b14-13-/t22-,23+,24+,25-,28-/m0/s1. The molecule has 4 aliphatic rings. The van der Waals surface area contributed by atoms with Gasteiger partial charge in [0.25, 0.3) is 0 Å². The van der Waals surface area contributed by atoms with Crippen LogP contribution >= 0.6 is 0 Å². The summed E-state index contributed by atoms with van der Waals surface area (Å²) in [6.45, 7) is 4.99. The van der Waals surface area contributed by atoms with Gasteiger partial charge in [-0.3, -0.25) is 4.79 Å². The molecule has 1 spiro atoms. The Hall–Kier alpha value is -2.44. The van der Waals surface area contributed by atoms with Gasteiger partial charge in [-0.2, -0.15) is 4.31 Å². The number of rotatable bonds is 5. The predicted molar refractivity (Wildman–Crippen MR) is 133 cm³/mol. The second-order valence-electron chi connectivity index (χ2n) is 11.1. The third-order valence-electron chi connectivity index (χ3n) is 9.43. The molecule has 2 aliphatic carbocycles. The minimum atomic E-state index is -3.51. The molecule has 34 heavy (non-hydrogen) atoms. The van der Waals surface area contributed by atoms with Crippen LogP contribution in [-0.2, 0) is 21.4 Å². The van der Waals surface area contributed by atoms with Gasteiger partial charge in [-0.05, 0) is 41.7 Å². The highest BCUT2D eigenvalue weighted by atomic mass is 32.2. The summed E-state index contributed by atoms with van der Waals surface area (Å²) in [5, 5.41) is 0. The topological polar surface area (TPSA) is 57.7 Å². The third kappa shape index (κ3) is 3.01. The Bertz CT molecular complexity index is 1240. The Kier molecular flexibility index (Phi) is 4.88. The van der Waals surface area contributed by atoms with E-state index in [1.165, 1.54) is 0 Å². The first-order chi connectivity index (χ1) is 16.2. The Labute approximate surface area is 202 Å². The molecular weight excluding hydrogens is 444 g/mol. The second-order valence-corrected chi connectivity index (χ2v) is 13.0. The molecule has 2 aromatic rings. The van der Waals surface area contributed by atoms with Crippen LogP contribution in [0.15, 0.2) is 66.7 Å². The highest BCUT2D eigenvalue weighted by molar-refractivity contribution is 7.89. The SMILES string of the molecule is CC1(C)[C@H]2CC[C@@]13CS(=O)(=O)N([C@@H]1C(=O)N(Cc4ccccc4)[C@@H]1/C=C\c1ccccc1)[C@@H]3C2. The van der Waals surface area contributed by atoms with E-state index >= 15 is 0 Å². The zero-order chi connectivity index (χ0) is 23.7. The van der Waals surface area contributed by atoms with Crippen LogP contribution in [0.2, 0.25) is 0 Å². The molecule has 6 heteroatoms. The fourth-order valence-electron chi connectivity index (χ4n) is 7.44. The first-order valence-electron chi connectivity index (χ1n) is 12.3. The largest absolute Gasteiger partial charge is 0.328 e. The summed E-state index contributed by atoms with van der Waals surface area (Å²) >= 11 is 0. The van der Waals surface area contributed by atoms with Crippen molar-refractivity contribution in [3.05, 3.63) is 77.9 Å². The maximum absolute atomic E-state index is 13.6. The fraction of sp³-hybridized carbons (Fsp3) is 0.464. The van der Waals surface area contributed by atoms with Crippen molar-refractivity contribution in [1.82, 2.24) is 9.21 Å². The van der Waals surface area contributed by atoms with Crippen molar-refractivity contribution in [2.75, 3.05) is 5.75 Å². The van der Waals surface area contributed by atoms with E-state index in [9.17, 15) is 13.2 Å². The van der Waals surface area contributed by atoms with Gasteiger partial charge < -0.3 is 4.90 Å². The molecule has 6 rings (SSSR count). The number of carbonyl (C=O) groups excluding carboxylic acids is 1. The number of benzene rings is 2. The molecule has 2 aromatic carbocycles. The van der Waals surface area contributed by atoms with Crippen LogP contribution in [0.1, 0.15) is 44.2 Å². The minimum Gasteiger partial charge on any atom is -0.328 e. The summed E-state index contributed by atoms with van der Waals surface area (Å²) in [6, 6.07) is 18.9. The van der Waals surface area contributed by atoms with E-state index < -0.39 is 16.1 Å². The first kappa shape index (κ1) is 22.1. The Morgan fingerprint density at radius 1 is 1.03 bits per heavy atom. The van der Waals surface area contributed by atoms with Crippen LogP contribution < -0.4 is 0 Å². The Morgan fingerprint density at radius 3 is 2.38 bits per heavy atom. The normalized spacial score (nSPS) is 35.6. The Balaban J connectivity index is 1.36. The van der Waals surface area contributed by atoms with Gasteiger partial charge in [-0.15, -0.1) is 0 Å². The third-order valence-corrected chi connectivity index (χ3v) is 11.4. The number of carbonyl (C=O) groups is 1. The number of hydrogen-bond acceptors (Lipinski definition) is 3. The zero-order valence-electron chi connectivity index (χ0n) is 19.8. The van der Waals surface area contributed by atoms with Crippen molar-refractivity contribution in [2.45, 2.75) is 57.8 Å². The van der Waals surface area contributed by atoms with Crippen molar-refractivity contribution >= 4 is 22.0 Å². The predicted octanol–water partition coefficient (Wildman–Crippen LogP) is 4.32. The second kappa shape index (κ2) is 7.53. The minimum absolute atomic E-state index is 0.00855. The lowest BCUT2D eigenvalue weighted by atomic mass is 9.68. The molecule has 2 heterocycles. The van der Waals surface area contributed by atoms with Crippen LogP contribution in [0, 0.1) is 16.7 Å². The Morgan fingerprint density at radius 2 is 1.71 bits per heavy atom. The number of likely N-dealkylation sites (tertiary alicyclic amines) is 1. The van der Waals surface area contributed by atoms with Gasteiger partial charge in [0, 0.05) is 18.0 Å². The molecule has 2 aliphatic heterocycles. The lowest BCUT2D eigenvalue weighted by molar-refractivity contribution is -0.155. The summed E-state index contributed by atoms with van der Waals surface area (Å²) < 4.78 is 28.9. The first-order valence-corrected chi connectivity index (χ1v) is 13.9. The van der Waals surface area contributed by atoms with E-state index in [1.807, 2.05) is 77.7 Å². The monoisotopic (exact) mass is 476 g/mol. The number of sulfonamides is 1. The summed E-state index contributed by atoms with van der Waals surface area (Å²) in [5.74, 6) is 0.642. The van der Waals surface area contributed by atoms with E-state index in [0.29, 0.717) is 12.5 Å². The molecule has 2 saturated heterocycles. The molecule has 2 bridgehead atoms. The molecule has 178 valence electrons. The fourth-order valence-corrected chi connectivity index (χ4v) is 10.2. The molecule has 1 amide bonds. The molecule has 0 radical (unpaired) electrons. The molecular formula is C28H32N2O3S. The molecule has 0 N–H and O–H groups in total. The van der Waals surface area contributed by atoms with Crippen molar-refractivity contribution in [3.63, 3.8) is 0 Å². The van der Waals surface area contributed by atoms with Gasteiger partial charge >= 0.3 is 0 Å². The molecule has 0 unspecified atom stereocenters. The molecule has 5 nitrogen and oxygen atoms in total. The summed E-state index contributed by atoms with van der Waals surface area (Å²) in [4.78, 5) is 15.4. The number of amides is 1. The van der Waals surface area contributed by atoms with Crippen LogP contribution in [0.3, 0.4) is 0 Å². The van der Waals surface area contributed by atoms with Gasteiger partial charge in [-0.1, -0.05) is 86.7 Å². The number of β-lactam (4-membered cyclic amide) rings is 1. The highest BCUT2D eigenvalue weighted by Crippen LogP contribution is 2.70. The van der Waals surface area contributed by atoms with Crippen molar-refractivity contribution in [1.29, 1.82) is 0 Å². The molecule has 0 aromatic heterocycles. The van der Waals surface area contributed by atoms with E-state index in [4.69, 9.17) is 0 Å². The van der Waals surface area contributed by atoms with Gasteiger partial charge in [-0.25, -0.2) is 8.42 Å². The number of hydrogen-bond donors (Lipinski definition) is 0. The zero-order valence-corrected chi connectivity index (χ0v) is 20.6. The van der Waals surface area contributed by atoms with E-state index in [1.54, 1.807) is 4.31 Å². The summed E-state index contributed by atoms with van der Waals surface area (Å²) in [6.07, 6.45) is 6.98. The smallest absolute Gasteiger partial charge is 0.244 e. The van der Waals surface area contributed by atoms with Crippen LogP contribution in [0.25, 0.3) is 6.08 Å². The summed E-state index contributed by atoms with van der Waals surface area (Å²) in [5.41, 5.74) is 1.85. The van der Waals surface area contributed by atoms with Gasteiger partial charge in [0.1, 0.15) is 6.04 Å². The summed E-state index contributed by atoms with van der Waals surface area (Å²) in [7, 11) is -3.51. The molecule has 4 fully saturated rings. The quantitative estimate of drug-likeness (QED) is 0.604.